The Bertz CT molecular complexity index is 674. The van der Waals surface area contributed by atoms with E-state index in [4.69, 9.17) is 4.74 Å². The fourth-order valence-corrected chi connectivity index (χ4v) is 2.59. The van der Waals surface area contributed by atoms with E-state index in [-0.39, 0.29) is 11.4 Å². The molecule has 0 unspecified atom stereocenters. The van der Waals surface area contributed by atoms with Crippen molar-refractivity contribution in [1.82, 2.24) is 5.32 Å². The minimum atomic E-state index is -0.437. The van der Waals surface area contributed by atoms with Crippen LogP contribution in [0.2, 0.25) is 0 Å². The molecule has 0 spiro atoms. The molecule has 0 amide bonds. The third-order valence-corrected chi connectivity index (χ3v) is 3.43. The molecule has 6 heteroatoms. The molecule has 0 saturated heterocycles. The predicted molar refractivity (Wildman–Crippen MR) is 84.8 cm³/mol. The Kier molecular flexibility index (Phi) is 4.93. The molecular weight excluding hydrogens is 336 g/mol. The molecule has 0 heterocycles. The normalized spacial score (nSPS) is 10.4. The van der Waals surface area contributed by atoms with E-state index in [9.17, 15) is 10.1 Å². The lowest BCUT2D eigenvalue weighted by molar-refractivity contribution is -0.385. The van der Waals surface area contributed by atoms with E-state index >= 15 is 0 Å². The number of benzene rings is 2. The van der Waals surface area contributed by atoms with Crippen LogP contribution in [0.3, 0.4) is 0 Å². The van der Waals surface area contributed by atoms with E-state index in [1.165, 1.54) is 6.07 Å². The number of para-hydroxylation sites is 1. The molecule has 1 N–H and O–H groups in total. The number of nitrogens with one attached hydrogen (secondary N) is 1. The first kappa shape index (κ1) is 15.5. The standard InChI is InChI=1S/C15H15BrN2O3/c1-10-7-12(16)8-13(18(19)20)15(10)21-14-6-4-3-5-11(14)9-17-2/h3-8,17H,9H2,1-2H3. The second-order valence-corrected chi connectivity index (χ2v) is 5.48. The average molecular weight is 351 g/mol. The van der Waals surface area contributed by atoms with Crippen molar-refractivity contribution in [2.75, 3.05) is 7.05 Å². The minimum absolute atomic E-state index is 0.0545. The monoisotopic (exact) mass is 350 g/mol. The van der Waals surface area contributed by atoms with Gasteiger partial charge < -0.3 is 10.1 Å². The quantitative estimate of drug-likeness (QED) is 0.648. The van der Waals surface area contributed by atoms with E-state index in [1.807, 2.05) is 25.2 Å². The summed E-state index contributed by atoms with van der Waals surface area (Å²) in [6.45, 7) is 2.41. The molecule has 2 rings (SSSR count). The molecule has 0 aliphatic rings. The molecule has 2 aromatic rings. The van der Waals surface area contributed by atoms with Gasteiger partial charge in [0.05, 0.1) is 4.92 Å². The van der Waals surface area contributed by atoms with E-state index < -0.39 is 4.92 Å². The van der Waals surface area contributed by atoms with Gasteiger partial charge in [0.25, 0.3) is 0 Å². The smallest absolute Gasteiger partial charge is 0.312 e. The Morgan fingerprint density at radius 2 is 2.05 bits per heavy atom. The molecule has 0 aliphatic heterocycles. The summed E-state index contributed by atoms with van der Waals surface area (Å²) >= 11 is 3.27. The molecule has 0 radical (unpaired) electrons. The largest absolute Gasteiger partial charge is 0.450 e. The second kappa shape index (κ2) is 6.69. The van der Waals surface area contributed by atoms with Gasteiger partial charge in [0.15, 0.2) is 0 Å². The van der Waals surface area contributed by atoms with Crippen LogP contribution in [0, 0.1) is 17.0 Å². The van der Waals surface area contributed by atoms with Gasteiger partial charge in [-0.2, -0.15) is 0 Å². The fourth-order valence-electron chi connectivity index (χ4n) is 2.03. The van der Waals surface area contributed by atoms with Gasteiger partial charge in [-0.05, 0) is 31.7 Å². The number of ether oxygens (including phenoxy) is 1. The molecule has 0 bridgehead atoms. The van der Waals surface area contributed by atoms with Crippen LogP contribution >= 0.6 is 15.9 Å². The number of nitro benzene ring substituents is 1. The van der Waals surface area contributed by atoms with Crippen LogP contribution in [-0.2, 0) is 6.54 Å². The fraction of sp³-hybridized carbons (Fsp3) is 0.200. The highest BCUT2D eigenvalue weighted by molar-refractivity contribution is 9.10. The summed E-state index contributed by atoms with van der Waals surface area (Å²) in [5.41, 5.74) is 1.59. The van der Waals surface area contributed by atoms with Gasteiger partial charge in [-0.15, -0.1) is 0 Å². The van der Waals surface area contributed by atoms with Crippen molar-refractivity contribution in [3.8, 4) is 11.5 Å². The summed E-state index contributed by atoms with van der Waals surface area (Å²) in [5.74, 6) is 0.882. The molecule has 2 aromatic carbocycles. The van der Waals surface area contributed by atoms with Crippen LogP contribution < -0.4 is 10.1 Å². The Labute approximate surface area is 131 Å². The molecule has 21 heavy (non-hydrogen) atoms. The van der Waals surface area contributed by atoms with Gasteiger partial charge in [-0.1, -0.05) is 34.1 Å². The summed E-state index contributed by atoms with van der Waals surface area (Å²) in [6.07, 6.45) is 0. The number of halogens is 1. The predicted octanol–water partition coefficient (Wildman–Crippen LogP) is 4.18. The van der Waals surface area contributed by atoms with E-state index in [2.05, 4.69) is 21.2 Å². The first-order valence-corrected chi connectivity index (χ1v) is 7.17. The number of nitrogens with zero attached hydrogens (tertiary/aromatic N) is 1. The number of aryl methyl sites for hydroxylation is 1. The summed E-state index contributed by atoms with van der Waals surface area (Å²) < 4.78 is 6.49. The lowest BCUT2D eigenvalue weighted by atomic mass is 10.1. The first-order chi connectivity index (χ1) is 10.0. The molecule has 110 valence electrons. The molecule has 5 nitrogen and oxygen atoms in total. The SMILES string of the molecule is CNCc1ccccc1Oc1c(C)cc(Br)cc1[N+](=O)[O-]. The van der Waals surface area contributed by atoms with Crippen molar-refractivity contribution >= 4 is 21.6 Å². The van der Waals surface area contributed by atoms with Gasteiger partial charge in [-0.25, -0.2) is 0 Å². The van der Waals surface area contributed by atoms with Crippen LogP contribution in [-0.4, -0.2) is 12.0 Å². The van der Waals surface area contributed by atoms with Crippen molar-refractivity contribution < 1.29 is 9.66 Å². The van der Waals surface area contributed by atoms with Crippen LogP contribution in [0.15, 0.2) is 40.9 Å². The highest BCUT2D eigenvalue weighted by Crippen LogP contribution is 2.38. The number of rotatable bonds is 5. The Morgan fingerprint density at radius 3 is 2.71 bits per heavy atom. The summed E-state index contributed by atoms with van der Waals surface area (Å²) in [7, 11) is 1.84. The molecular formula is C15H15BrN2O3. The molecule has 0 atom stereocenters. The van der Waals surface area contributed by atoms with Gasteiger partial charge in [0.2, 0.25) is 5.75 Å². The zero-order chi connectivity index (χ0) is 15.4. The summed E-state index contributed by atoms with van der Waals surface area (Å²) in [5, 5.41) is 14.3. The lowest BCUT2D eigenvalue weighted by Crippen LogP contribution is -2.06. The minimum Gasteiger partial charge on any atom is -0.450 e. The van der Waals surface area contributed by atoms with Crippen molar-refractivity contribution in [1.29, 1.82) is 0 Å². The lowest BCUT2D eigenvalue weighted by Gasteiger charge is -2.13. The van der Waals surface area contributed by atoms with Gasteiger partial charge in [-0.3, -0.25) is 10.1 Å². The van der Waals surface area contributed by atoms with Gasteiger partial charge in [0, 0.05) is 22.6 Å². The maximum absolute atomic E-state index is 11.2. The van der Waals surface area contributed by atoms with Crippen LogP contribution in [0.4, 0.5) is 5.69 Å². The second-order valence-electron chi connectivity index (χ2n) is 4.57. The van der Waals surface area contributed by atoms with Crippen LogP contribution in [0.1, 0.15) is 11.1 Å². The maximum Gasteiger partial charge on any atom is 0.312 e. The molecule has 0 aliphatic carbocycles. The number of hydrogen-bond acceptors (Lipinski definition) is 4. The molecule has 0 aromatic heterocycles. The zero-order valence-corrected chi connectivity index (χ0v) is 13.3. The number of hydrogen-bond donors (Lipinski definition) is 1. The van der Waals surface area contributed by atoms with E-state index in [0.717, 1.165) is 5.56 Å². The molecule has 0 saturated carbocycles. The maximum atomic E-state index is 11.2. The third-order valence-electron chi connectivity index (χ3n) is 2.97. The third kappa shape index (κ3) is 3.59. The highest BCUT2D eigenvalue weighted by Gasteiger charge is 2.20. The van der Waals surface area contributed by atoms with Crippen molar-refractivity contribution in [3.63, 3.8) is 0 Å². The van der Waals surface area contributed by atoms with Gasteiger partial charge in [0.1, 0.15) is 5.75 Å². The summed E-state index contributed by atoms with van der Waals surface area (Å²) in [6, 6.07) is 10.7. The van der Waals surface area contributed by atoms with E-state index in [0.29, 0.717) is 22.3 Å². The van der Waals surface area contributed by atoms with Crippen molar-refractivity contribution in [2.24, 2.45) is 0 Å². The Hall–Kier alpha value is -1.92. The highest BCUT2D eigenvalue weighted by atomic mass is 79.9. The Morgan fingerprint density at radius 1 is 1.33 bits per heavy atom. The van der Waals surface area contributed by atoms with Gasteiger partial charge >= 0.3 is 5.69 Å². The topological polar surface area (TPSA) is 64.4 Å². The number of nitro groups is 1. The van der Waals surface area contributed by atoms with E-state index in [1.54, 1.807) is 19.1 Å². The molecule has 0 fully saturated rings. The van der Waals surface area contributed by atoms with Crippen molar-refractivity contribution in [2.45, 2.75) is 13.5 Å². The first-order valence-electron chi connectivity index (χ1n) is 6.38. The average Bonchev–Trinajstić information content (AvgIpc) is 2.43. The Balaban J connectivity index is 2.47. The van der Waals surface area contributed by atoms with Crippen LogP contribution in [0.25, 0.3) is 0 Å². The van der Waals surface area contributed by atoms with Crippen LogP contribution in [0.5, 0.6) is 11.5 Å². The zero-order valence-electron chi connectivity index (χ0n) is 11.7. The summed E-state index contributed by atoms with van der Waals surface area (Å²) in [4.78, 5) is 10.8. The van der Waals surface area contributed by atoms with Crippen molar-refractivity contribution in [3.05, 3.63) is 62.1 Å².